The van der Waals surface area contributed by atoms with Crippen molar-refractivity contribution in [1.29, 1.82) is 0 Å². The molecule has 1 nitrogen and oxygen atoms in total. The highest BCUT2D eigenvalue weighted by Crippen LogP contribution is 2.43. The Morgan fingerprint density at radius 3 is 2.09 bits per heavy atom. The summed E-state index contributed by atoms with van der Waals surface area (Å²) in [4.78, 5) is 10.3. The van der Waals surface area contributed by atoms with Gasteiger partial charge in [0.1, 0.15) is 0 Å². The maximum Gasteiger partial charge on any atom is 0.296 e. The summed E-state index contributed by atoms with van der Waals surface area (Å²) < 4.78 is 47.1. The number of hydrogen-bond donors (Lipinski definition) is 0. The van der Waals surface area contributed by atoms with E-state index in [2.05, 4.69) is 0 Å². The number of Topliss-reactive ketones (excluding diaryl/α,β-unsaturated/α-hetero) is 1. The summed E-state index contributed by atoms with van der Waals surface area (Å²) >= 11 is 0. The zero-order valence-corrected chi connectivity index (χ0v) is 5.49. The van der Waals surface area contributed by atoms with Gasteiger partial charge < -0.3 is 0 Å². The quantitative estimate of drug-likeness (QED) is 0.578. The van der Waals surface area contributed by atoms with E-state index < -0.39 is 36.9 Å². The van der Waals surface area contributed by atoms with Gasteiger partial charge in [0.2, 0.25) is 11.7 Å². The molecular weight excluding hydrogens is 164 g/mol. The van der Waals surface area contributed by atoms with Gasteiger partial charge in [-0.1, -0.05) is 0 Å². The van der Waals surface area contributed by atoms with Gasteiger partial charge in [0.05, 0.1) is 0 Å². The highest BCUT2D eigenvalue weighted by molar-refractivity contribution is 5.85. The zero-order valence-electron chi connectivity index (χ0n) is 5.49. The van der Waals surface area contributed by atoms with Crippen LogP contribution in [0.4, 0.5) is 17.6 Å². The highest BCUT2D eigenvalue weighted by atomic mass is 19.3. The van der Waals surface area contributed by atoms with Gasteiger partial charge in [0.15, 0.2) is 0 Å². The predicted octanol–water partition coefficient (Wildman–Crippen LogP) is 1.87. The molecule has 0 radical (unpaired) electrons. The maximum absolute atomic E-state index is 12.0. The Hall–Kier alpha value is -0.610. The van der Waals surface area contributed by atoms with Crippen molar-refractivity contribution in [3.05, 3.63) is 0 Å². The van der Waals surface area contributed by atoms with Crippen molar-refractivity contribution >= 4 is 5.78 Å². The van der Waals surface area contributed by atoms with Crippen LogP contribution in [0.3, 0.4) is 0 Å². The van der Waals surface area contributed by atoms with Gasteiger partial charge in [-0.15, -0.1) is 0 Å². The number of carbonyl (C=O) groups excluding carboxylic acids is 1. The number of carbonyl (C=O) groups is 1. The number of alkyl halides is 4. The Labute approximate surface area is 60.4 Å². The lowest BCUT2D eigenvalue weighted by molar-refractivity contribution is -0.157. The van der Waals surface area contributed by atoms with E-state index in [4.69, 9.17) is 0 Å². The summed E-state index contributed by atoms with van der Waals surface area (Å²) in [5, 5.41) is 0. The van der Waals surface area contributed by atoms with Crippen molar-refractivity contribution in [2.75, 3.05) is 0 Å². The Kier molecular flexibility index (Phi) is 1.90. The van der Waals surface area contributed by atoms with Crippen molar-refractivity contribution in [1.82, 2.24) is 0 Å². The molecule has 1 fully saturated rings. The Bertz CT molecular complexity index is 169. The Balaban J connectivity index is 2.38. The van der Waals surface area contributed by atoms with E-state index in [1.165, 1.54) is 0 Å². The van der Waals surface area contributed by atoms with Crippen molar-refractivity contribution < 1.29 is 22.4 Å². The molecule has 1 rings (SSSR count). The van der Waals surface area contributed by atoms with Gasteiger partial charge in [0, 0.05) is 18.8 Å². The first kappa shape index (κ1) is 8.49. The van der Waals surface area contributed by atoms with Gasteiger partial charge in [-0.3, -0.25) is 4.79 Å². The summed E-state index contributed by atoms with van der Waals surface area (Å²) in [5.41, 5.74) is 0. The molecule has 0 heterocycles. The molecule has 5 heteroatoms. The minimum Gasteiger partial charge on any atom is -0.293 e. The van der Waals surface area contributed by atoms with Crippen LogP contribution >= 0.6 is 0 Å². The van der Waals surface area contributed by atoms with E-state index in [-0.39, 0.29) is 0 Å². The molecule has 1 aliphatic carbocycles. The van der Waals surface area contributed by atoms with Crippen molar-refractivity contribution in [3.8, 4) is 0 Å². The largest absolute Gasteiger partial charge is 0.296 e. The molecule has 0 amide bonds. The number of rotatable bonds is 2. The van der Waals surface area contributed by atoms with Crippen LogP contribution in [-0.2, 0) is 4.79 Å². The van der Waals surface area contributed by atoms with Crippen molar-refractivity contribution in [2.45, 2.75) is 25.2 Å². The van der Waals surface area contributed by atoms with Crippen molar-refractivity contribution in [3.63, 3.8) is 0 Å². The van der Waals surface area contributed by atoms with E-state index in [1.54, 1.807) is 0 Å². The standard InChI is InChI=1S/C6H6F4O/c7-5(8)4(11)3-1-6(9,10)2-3/h3,5H,1-2H2. The van der Waals surface area contributed by atoms with Crippen LogP contribution in [0.25, 0.3) is 0 Å². The molecule has 64 valence electrons. The molecule has 0 saturated heterocycles. The Morgan fingerprint density at radius 2 is 1.82 bits per heavy atom. The van der Waals surface area contributed by atoms with Gasteiger partial charge in [-0.2, -0.15) is 0 Å². The molecule has 0 bridgehead atoms. The average molecular weight is 170 g/mol. The summed E-state index contributed by atoms with van der Waals surface area (Å²) in [6, 6.07) is 0. The van der Waals surface area contributed by atoms with E-state index in [1.807, 2.05) is 0 Å². The zero-order chi connectivity index (χ0) is 8.65. The van der Waals surface area contributed by atoms with Crippen LogP contribution in [0.15, 0.2) is 0 Å². The van der Waals surface area contributed by atoms with Crippen molar-refractivity contribution in [2.24, 2.45) is 5.92 Å². The van der Waals surface area contributed by atoms with E-state index >= 15 is 0 Å². The fourth-order valence-corrected chi connectivity index (χ4v) is 1.04. The van der Waals surface area contributed by atoms with Crippen LogP contribution in [0.5, 0.6) is 0 Å². The Morgan fingerprint density at radius 1 is 1.36 bits per heavy atom. The molecule has 11 heavy (non-hydrogen) atoms. The van der Waals surface area contributed by atoms with Gasteiger partial charge >= 0.3 is 0 Å². The first-order valence-electron chi connectivity index (χ1n) is 3.12. The van der Waals surface area contributed by atoms with Gasteiger partial charge in [-0.25, -0.2) is 17.6 Å². The minimum absolute atomic E-state index is 0.712. The number of hydrogen-bond acceptors (Lipinski definition) is 1. The molecule has 0 aromatic heterocycles. The first-order valence-corrected chi connectivity index (χ1v) is 3.12. The lowest BCUT2D eigenvalue weighted by Gasteiger charge is -2.33. The van der Waals surface area contributed by atoms with Gasteiger partial charge in [-0.05, 0) is 0 Å². The molecule has 1 saturated carbocycles. The fourth-order valence-electron chi connectivity index (χ4n) is 1.04. The van der Waals surface area contributed by atoms with E-state index in [0.717, 1.165) is 0 Å². The van der Waals surface area contributed by atoms with Crippen LogP contribution in [-0.4, -0.2) is 18.1 Å². The third-order valence-corrected chi connectivity index (χ3v) is 1.71. The predicted molar refractivity (Wildman–Crippen MR) is 28.7 cm³/mol. The normalized spacial score (nSPS) is 23.4. The van der Waals surface area contributed by atoms with Crippen LogP contribution in [0.2, 0.25) is 0 Å². The third kappa shape index (κ3) is 1.70. The lowest BCUT2D eigenvalue weighted by Crippen LogP contribution is -2.42. The SMILES string of the molecule is O=C(C(F)F)C1CC(F)(F)C1. The van der Waals surface area contributed by atoms with Gasteiger partial charge in [0.25, 0.3) is 6.43 Å². The van der Waals surface area contributed by atoms with E-state index in [9.17, 15) is 22.4 Å². The second kappa shape index (κ2) is 2.46. The monoisotopic (exact) mass is 170 g/mol. The third-order valence-electron chi connectivity index (χ3n) is 1.71. The average Bonchev–Trinajstić information content (AvgIpc) is 1.80. The lowest BCUT2D eigenvalue weighted by atomic mass is 9.78. The number of halogens is 4. The molecule has 0 spiro atoms. The topological polar surface area (TPSA) is 17.1 Å². The van der Waals surface area contributed by atoms with Crippen LogP contribution in [0, 0.1) is 5.92 Å². The summed E-state index contributed by atoms with van der Waals surface area (Å²) in [7, 11) is 0. The molecular formula is C6H6F4O. The molecule has 0 unspecified atom stereocenters. The molecule has 0 N–H and O–H groups in total. The summed E-state index contributed by atoms with van der Waals surface area (Å²) in [6.07, 6.45) is -4.53. The van der Waals surface area contributed by atoms with Crippen LogP contribution < -0.4 is 0 Å². The molecule has 1 aliphatic rings. The van der Waals surface area contributed by atoms with Crippen LogP contribution in [0.1, 0.15) is 12.8 Å². The summed E-state index contributed by atoms with van der Waals surface area (Å²) in [6.45, 7) is 0. The smallest absolute Gasteiger partial charge is 0.293 e. The number of ketones is 1. The molecule has 0 aliphatic heterocycles. The molecule has 0 aromatic rings. The minimum atomic E-state index is -3.10. The molecule has 0 aromatic carbocycles. The second-order valence-corrected chi connectivity index (χ2v) is 2.66. The maximum atomic E-state index is 12.0. The highest BCUT2D eigenvalue weighted by Gasteiger charge is 2.50. The summed E-state index contributed by atoms with van der Waals surface area (Å²) in [5.74, 6) is -5.36. The first-order chi connectivity index (χ1) is 4.92. The molecule has 0 atom stereocenters. The fraction of sp³-hybridized carbons (Fsp3) is 0.833. The van der Waals surface area contributed by atoms with E-state index in [0.29, 0.717) is 0 Å². The second-order valence-electron chi connectivity index (χ2n) is 2.66.